The zero-order valence-electron chi connectivity index (χ0n) is 16.6. The number of likely N-dealkylation sites (N-methyl/N-ethyl adjacent to an activating group) is 1. The molecule has 1 aliphatic heterocycles. The van der Waals surface area contributed by atoms with Gasteiger partial charge in [0.2, 0.25) is 0 Å². The molecule has 29 heavy (non-hydrogen) atoms. The molecule has 1 fully saturated rings. The van der Waals surface area contributed by atoms with Crippen LogP contribution in [0.2, 0.25) is 0 Å². The molecule has 9 nitrogen and oxygen atoms in total. The normalized spacial score (nSPS) is 14.9. The van der Waals surface area contributed by atoms with Crippen molar-refractivity contribution in [3.05, 3.63) is 48.2 Å². The van der Waals surface area contributed by atoms with Crippen LogP contribution in [0.4, 0.5) is 5.69 Å². The molecule has 0 atom stereocenters. The number of carbonyl (C=O) groups excluding carboxylic acids is 1. The second-order valence-electron chi connectivity index (χ2n) is 7.07. The summed E-state index contributed by atoms with van der Waals surface area (Å²) in [5, 5.41) is 8.52. The fourth-order valence-corrected chi connectivity index (χ4v) is 3.51. The van der Waals surface area contributed by atoms with E-state index in [4.69, 9.17) is 5.73 Å². The summed E-state index contributed by atoms with van der Waals surface area (Å²) in [5.74, 6) is -0.554. The number of primary amides is 1. The fourth-order valence-electron chi connectivity index (χ4n) is 3.51. The van der Waals surface area contributed by atoms with E-state index in [1.807, 2.05) is 12.4 Å². The van der Waals surface area contributed by atoms with Crippen molar-refractivity contribution in [2.24, 2.45) is 5.73 Å². The van der Waals surface area contributed by atoms with Gasteiger partial charge in [-0.2, -0.15) is 0 Å². The average Bonchev–Trinajstić information content (AvgIpc) is 3.24. The van der Waals surface area contributed by atoms with Gasteiger partial charge in [-0.3, -0.25) is 9.78 Å². The highest BCUT2D eigenvalue weighted by molar-refractivity contribution is 5.90. The van der Waals surface area contributed by atoms with E-state index in [0.29, 0.717) is 5.69 Å². The summed E-state index contributed by atoms with van der Waals surface area (Å²) in [5.41, 5.74) is 9.65. The van der Waals surface area contributed by atoms with Crippen molar-refractivity contribution in [1.29, 1.82) is 0 Å². The topological polar surface area (TPSA) is 106 Å². The van der Waals surface area contributed by atoms with Gasteiger partial charge in [-0.05, 0) is 31.7 Å². The van der Waals surface area contributed by atoms with Crippen LogP contribution in [0.3, 0.4) is 0 Å². The van der Waals surface area contributed by atoms with Crippen molar-refractivity contribution in [2.45, 2.75) is 13.8 Å². The van der Waals surface area contributed by atoms with E-state index in [-0.39, 0.29) is 5.69 Å². The molecule has 9 heteroatoms. The molecule has 4 rings (SSSR count). The zero-order valence-corrected chi connectivity index (χ0v) is 16.6. The van der Waals surface area contributed by atoms with Gasteiger partial charge in [0.15, 0.2) is 0 Å². The SMILES string of the molecule is CCN1CCN(c2cncc(-c3cn(-c4ccc(C(N)=O)nc4C)nn3)c2)CC1. The number of anilines is 1. The molecule has 0 bridgehead atoms. The molecule has 0 aliphatic carbocycles. The van der Waals surface area contributed by atoms with Gasteiger partial charge in [-0.25, -0.2) is 9.67 Å². The van der Waals surface area contributed by atoms with E-state index in [2.05, 4.69) is 43.1 Å². The van der Waals surface area contributed by atoms with Gasteiger partial charge in [0.05, 0.1) is 29.5 Å². The Balaban J connectivity index is 1.57. The summed E-state index contributed by atoms with van der Waals surface area (Å²) in [6.07, 6.45) is 5.53. The van der Waals surface area contributed by atoms with Crippen molar-refractivity contribution in [2.75, 3.05) is 37.6 Å². The molecule has 0 radical (unpaired) electrons. The van der Waals surface area contributed by atoms with Crippen LogP contribution in [0, 0.1) is 6.92 Å². The maximum atomic E-state index is 11.3. The van der Waals surface area contributed by atoms with E-state index < -0.39 is 5.91 Å². The zero-order chi connectivity index (χ0) is 20.4. The second-order valence-corrected chi connectivity index (χ2v) is 7.07. The van der Waals surface area contributed by atoms with E-state index in [1.165, 1.54) is 0 Å². The Morgan fingerprint density at radius 3 is 2.66 bits per heavy atom. The molecular formula is C20H24N8O. The molecular weight excluding hydrogens is 368 g/mol. The quantitative estimate of drug-likeness (QED) is 0.697. The van der Waals surface area contributed by atoms with Gasteiger partial charge in [-0.15, -0.1) is 5.10 Å². The molecule has 1 amide bonds. The van der Waals surface area contributed by atoms with Gasteiger partial charge < -0.3 is 15.5 Å². The van der Waals surface area contributed by atoms with E-state index >= 15 is 0 Å². The Morgan fingerprint density at radius 1 is 1.17 bits per heavy atom. The third kappa shape index (κ3) is 3.95. The predicted molar refractivity (Wildman–Crippen MR) is 110 cm³/mol. The van der Waals surface area contributed by atoms with Gasteiger partial charge in [0.25, 0.3) is 5.91 Å². The van der Waals surface area contributed by atoms with Crippen LogP contribution in [-0.4, -0.2) is 68.5 Å². The van der Waals surface area contributed by atoms with E-state index in [9.17, 15) is 4.79 Å². The number of nitrogens with two attached hydrogens (primary N) is 1. The summed E-state index contributed by atoms with van der Waals surface area (Å²) in [7, 11) is 0. The number of rotatable bonds is 5. The molecule has 0 unspecified atom stereocenters. The van der Waals surface area contributed by atoms with Crippen LogP contribution in [-0.2, 0) is 0 Å². The van der Waals surface area contributed by atoms with Crippen molar-refractivity contribution in [1.82, 2.24) is 29.9 Å². The van der Waals surface area contributed by atoms with Crippen LogP contribution < -0.4 is 10.6 Å². The van der Waals surface area contributed by atoms with E-state index in [1.54, 1.807) is 29.9 Å². The minimum absolute atomic E-state index is 0.228. The Bertz CT molecular complexity index is 1020. The average molecular weight is 392 g/mol. The lowest BCUT2D eigenvalue weighted by molar-refractivity contribution is 0.0995. The first-order valence-electron chi connectivity index (χ1n) is 9.68. The first-order chi connectivity index (χ1) is 14.0. The first-order valence-corrected chi connectivity index (χ1v) is 9.68. The number of nitrogens with zero attached hydrogens (tertiary/aromatic N) is 7. The van der Waals surface area contributed by atoms with Crippen molar-refractivity contribution in [3.63, 3.8) is 0 Å². The third-order valence-corrected chi connectivity index (χ3v) is 5.25. The van der Waals surface area contributed by atoms with Crippen LogP contribution in [0.15, 0.2) is 36.8 Å². The number of aromatic nitrogens is 5. The summed E-state index contributed by atoms with van der Waals surface area (Å²) in [4.78, 5) is 24.7. The Labute approximate surface area is 169 Å². The van der Waals surface area contributed by atoms with Gasteiger partial charge in [0.1, 0.15) is 11.4 Å². The Kier molecular flexibility index (Phi) is 5.22. The molecule has 0 spiro atoms. The minimum Gasteiger partial charge on any atom is -0.368 e. The molecule has 3 aromatic rings. The molecule has 0 aromatic carbocycles. The van der Waals surface area contributed by atoms with E-state index in [0.717, 1.165) is 55.4 Å². The standard InChI is InChI=1S/C20H24N8O/c1-3-26-6-8-27(9-7-26)16-10-15(11-22-12-16)18-13-28(25-24-18)19-5-4-17(20(21)29)23-14(19)2/h4-5,10-13H,3,6-9H2,1-2H3,(H2,21,29). The van der Waals surface area contributed by atoms with Crippen molar-refractivity contribution < 1.29 is 4.79 Å². The second kappa shape index (κ2) is 7.96. The first kappa shape index (κ1) is 19.0. The lowest BCUT2D eigenvalue weighted by Crippen LogP contribution is -2.46. The molecule has 0 saturated carbocycles. The van der Waals surface area contributed by atoms with Gasteiger partial charge in [0, 0.05) is 37.9 Å². The highest BCUT2D eigenvalue weighted by Crippen LogP contribution is 2.24. The number of pyridine rings is 2. The maximum absolute atomic E-state index is 11.3. The summed E-state index contributed by atoms with van der Waals surface area (Å²) >= 11 is 0. The lowest BCUT2D eigenvalue weighted by atomic mass is 10.2. The Hall–Kier alpha value is -3.33. The lowest BCUT2D eigenvalue weighted by Gasteiger charge is -2.35. The fraction of sp³-hybridized carbons (Fsp3) is 0.350. The molecule has 1 saturated heterocycles. The van der Waals surface area contributed by atoms with Crippen LogP contribution in [0.5, 0.6) is 0 Å². The van der Waals surface area contributed by atoms with Crippen LogP contribution in [0.1, 0.15) is 23.1 Å². The predicted octanol–water partition coefficient (Wildman–Crippen LogP) is 1.27. The largest absolute Gasteiger partial charge is 0.368 e. The third-order valence-electron chi connectivity index (χ3n) is 5.25. The summed E-state index contributed by atoms with van der Waals surface area (Å²) in [6.45, 7) is 9.19. The maximum Gasteiger partial charge on any atom is 0.267 e. The van der Waals surface area contributed by atoms with Gasteiger partial charge in [-0.1, -0.05) is 12.1 Å². The number of piperazine rings is 1. The summed E-state index contributed by atoms with van der Waals surface area (Å²) in [6, 6.07) is 5.46. The minimum atomic E-state index is -0.554. The summed E-state index contributed by atoms with van der Waals surface area (Å²) < 4.78 is 1.65. The number of amides is 1. The van der Waals surface area contributed by atoms with Crippen LogP contribution in [0.25, 0.3) is 16.9 Å². The molecule has 2 N–H and O–H groups in total. The molecule has 150 valence electrons. The van der Waals surface area contributed by atoms with Crippen molar-refractivity contribution in [3.8, 4) is 16.9 Å². The van der Waals surface area contributed by atoms with Crippen molar-refractivity contribution >= 4 is 11.6 Å². The Morgan fingerprint density at radius 2 is 1.97 bits per heavy atom. The number of hydrogen-bond acceptors (Lipinski definition) is 7. The number of aryl methyl sites for hydroxylation is 1. The molecule has 1 aliphatic rings. The molecule has 3 aromatic heterocycles. The monoisotopic (exact) mass is 392 g/mol. The highest BCUT2D eigenvalue weighted by Gasteiger charge is 2.17. The highest BCUT2D eigenvalue weighted by atomic mass is 16.1. The van der Waals surface area contributed by atoms with Crippen LogP contribution >= 0.6 is 0 Å². The molecule has 4 heterocycles. The van der Waals surface area contributed by atoms with Gasteiger partial charge >= 0.3 is 0 Å². The smallest absolute Gasteiger partial charge is 0.267 e. The number of carbonyl (C=O) groups is 1. The number of hydrogen-bond donors (Lipinski definition) is 1.